The van der Waals surface area contributed by atoms with Gasteiger partial charge in [0.2, 0.25) is 0 Å². The van der Waals surface area contributed by atoms with E-state index in [1.54, 1.807) is 11.9 Å². The highest BCUT2D eigenvalue weighted by Crippen LogP contribution is 2.13. The average Bonchev–Trinajstić information content (AvgIpc) is 3.07. The predicted octanol–water partition coefficient (Wildman–Crippen LogP) is 2.25. The lowest BCUT2D eigenvalue weighted by Crippen LogP contribution is -2.38. The molecule has 2 rings (SSSR count). The molecule has 0 spiro atoms. The fraction of sp³-hybridized carbons (Fsp3) is 0.467. The Morgan fingerprint density at radius 3 is 2.38 bits per heavy atom. The van der Waals surface area contributed by atoms with Crippen LogP contribution in [-0.2, 0) is 16.1 Å². The van der Waals surface area contributed by atoms with Gasteiger partial charge in [-0.2, -0.15) is 13.2 Å². The zero-order valence-electron chi connectivity index (χ0n) is 13.0. The molecule has 1 fully saturated rings. The maximum atomic E-state index is 11.8. The Hall–Kier alpha value is -2.29. The lowest BCUT2D eigenvalue weighted by molar-refractivity contribution is -0.192. The van der Waals surface area contributed by atoms with E-state index in [1.807, 2.05) is 30.3 Å². The SMILES string of the molecule is CN(C(=O)OCc1ccccc1)C1CCNC1.O=C(O)C(F)(F)F. The minimum absolute atomic E-state index is 0.248. The monoisotopic (exact) mass is 348 g/mol. The number of nitrogens with one attached hydrogen (secondary N) is 1. The Labute approximate surface area is 137 Å². The van der Waals surface area contributed by atoms with Crippen molar-refractivity contribution in [3.05, 3.63) is 35.9 Å². The van der Waals surface area contributed by atoms with E-state index < -0.39 is 12.1 Å². The first kappa shape index (κ1) is 19.8. The smallest absolute Gasteiger partial charge is 0.475 e. The van der Waals surface area contributed by atoms with Crippen molar-refractivity contribution < 1.29 is 32.6 Å². The summed E-state index contributed by atoms with van der Waals surface area (Å²) in [5.74, 6) is -2.76. The molecule has 0 radical (unpaired) electrons. The molecule has 1 aromatic rings. The second kappa shape index (κ2) is 9.11. The van der Waals surface area contributed by atoms with E-state index in [4.69, 9.17) is 14.6 Å². The molecule has 0 aromatic heterocycles. The summed E-state index contributed by atoms with van der Waals surface area (Å²) in [6, 6.07) is 9.98. The van der Waals surface area contributed by atoms with Gasteiger partial charge < -0.3 is 20.1 Å². The minimum atomic E-state index is -5.08. The number of aliphatic carboxylic acids is 1. The highest BCUT2D eigenvalue weighted by Gasteiger charge is 2.38. The third-order valence-corrected chi connectivity index (χ3v) is 3.32. The van der Waals surface area contributed by atoms with Crippen molar-refractivity contribution >= 4 is 12.1 Å². The number of benzene rings is 1. The fourth-order valence-corrected chi connectivity index (χ4v) is 1.94. The van der Waals surface area contributed by atoms with Crippen molar-refractivity contribution in [1.82, 2.24) is 10.2 Å². The molecule has 9 heteroatoms. The summed E-state index contributed by atoms with van der Waals surface area (Å²) in [6.45, 7) is 2.17. The zero-order valence-corrected chi connectivity index (χ0v) is 13.0. The topological polar surface area (TPSA) is 78.9 Å². The molecule has 1 aromatic carbocycles. The largest absolute Gasteiger partial charge is 0.490 e. The van der Waals surface area contributed by atoms with Crippen LogP contribution in [0.3, 0.4) is 0 Å². The standard InChI is InChI=1S/C13H18N2O2.C2HF3O2/c1-15(12-7-8-14-9-12)13(16)17-10-11-5-3-2-4-6-11;3-2(4,5)1(6)7/h2-6,12,14H,7-10H2,1H3;(H,6,7). The average molecular weight is 348 g/mol. The molecule has 0 saturated carbocycles. The van der Waals surface area contributed by atoms with Gasteiger partial charge in [0.25, 0.3) is 0 Å². The van der Waals surface area contributed by atoms with Gasteiger partial charge in [0.1, 0.15) is 6.61 Å². The second-order valence-corrected chi connectivity index (χ2v) is 5.10. The number of carbonyl (C=O) groups excluding carboxylic acids is 1. The third-order valence-electron chi connectivity index (χ3n) is 3.32. The summed E-state index contributed by atoms with van der Waals surface area (Å²) in [5, 5.41) is 10.4. The number of nitrogens with zero attached hydrogens (tertiary/aromatic N) is 1. The molecular weight excluding hydrogens is 329 g/mol. The fourth-order valence-electron chi connectivity index (χ4n) is 1.94. The quantitative estimate of drug-likeness (QED) is 0.876. The van der Waals surface area contributed by atoms with Crippen LogP contribution in [0, 0.1) is 0 Å². The van der Waals surface area contributed by atoms with Gasteiger partial charge in [0, 0.05) is 19.6 Å². The Morgan fingerprint density at radius 1 is 1.33 bits per heavy atom. The zero-order chi connectivity index (χ0) is 18.2. The lowest BCUT2D eigenvalue weighted by atomic mass is 10.2. The molecule has 6 nitrogen and oxygen atoms in total. The number of halogens is 3. The summed E-state index contributed by atoms with van der Waals surface area (Å²) in [5.41, 5.74) is 1.01. The second-order valence-electron chi connectivity index (χ2n) is 5.10. The molecule has 1 aliphatic rings. The molecule has 0 bridgehead atoms. The maximum absolute atomic E-state index is 11.8. The van der Waals surface area contributed by atoms with Gasteiger partial charge in [-0.1, -0.05) is 30.3 Å². The van der Waals surface area contributed by atoms with Gasteiger partial charge in [0.05, 0.1) is 0 Å². The molecular formula is C15H19F3N2O4. The number of rotatable bonds is 3. The van der Waals surface area contributed by atoms with Crippen LogP contribution >= 0.6 is 0 Å². The Kier molecular flexibility index (Phi) is 7.50. The Morgan fingerprint density at radius 2 is 1.92 bits per heavy atom. The number of hydrogen-bond acceptors (Lipinski definition) is 4. The van der Waals surface area contributed by atoms with Crippen molar-refractivity contribution in [2.75, 3.05) is 20.1 Å². The third kappa shape index (κ3) is 6.86. The first-order valence-corrected chi connectivity index (χ1v) is 7.16. The number of likely N-dealkylation sites (N-methyl/N-ethyl adjacent to an activating group) is 1. The maximum Gasteiger partial charge on any atom is 0.490 e. The van der Waals surface area contributed by atoms with E-state index in [2.05, 4.69) is 5.32 Å². The van der Waals surface area contributed by atoms with E-state index >= 15 is 0 Å². The molecule has 2 N–H and O–H groups in total. The van der Waals surface area contributed by atoms with Crippen LogP contribution in [0.25, 0.3) is 0 Å². The molecule has 134 valence electrons. The van der Waals surface area contributed by atoms with Crippen LogP contribution in [0.15, 0.2) is 30.3 Å². The highest BCUT2D eigenvalue weighted by molar-refractivity contribution is 5.73. The van der Waals surface area contributed by atoms with E-state index in [1.165, 1.54) is 0 Å². The van der Waals surface area contributed by atoms with Crippen LogP contribution in [-0.4, -0.2) is 54.4 Å². The van der Waals surface area contributed by atoms with E-state index in [-0.39, 0.29) is 12.1 Å². The summed E-state index contributed by atoms with van der Waals surface area (Å²) >= 11 is 0. The number of carboxylic acids is 1. The molecule has 1 heterocycles. The van der Waals surface area contributed by atoms with Crippen molar-refractivity contribution in [2.45, 2.75) is 25.2 Å². The number of carbonyl (C=O) groups is 2. The van der Waals surface area contributed by atoms with Gasteiger partial charge in [-0.3, -0.25) is 0 Å². The van der Waals surface area contributed by atoms with E-state index in [0.717, 1.165) is 25.1 Å². The predicted molar refractivity (Wildman–Crippen MR) is 79.4 cm³/mol. The van der Waals surface area contributed by atoms with Crippen LogP contribution < -0.4 is 5.32 Å². The summed E-state index contributed by atoms with van der Waals surface area (Å²) < 4.78 is 37.0. The molecule has 1 saturated heterocycles. The minimum Gasteiger partial charge on any atom is -0.475 e. The Bertz CT molecular complexity index is 531. The van der Waals surface area contributed by atoms with E-state index in [0.29, 0.717) is 6.61 Å². The van der Waals surface area contributed by atoms with E-state index in [9.17, 15) is 18.0 Å². The van der Waals surface area contributed by atoms with Crippen LogP contribution in [0.5, 0.6) is 0 Å². The highest BCUT2D eigenvalue weighted by atomic mass is 19.4. The summed E-state index contributed by atoms with van der Waals surface area (Å²) in [6.07, 6.45) is -4.33. The lowest BCUT2D eigenvalue weighted by Gasteiger charge is -2.22. The molecule has 1 unspecified atom stereocenters. The molecule has 1 atom stereocenters. The van der Waals surface area contributed by atoms with Crippen molar-refractivity contribution in [2.24, 2.45) is 0 Å². The van der Waals surface area contributed by atoms with Crippen molar-refractivity contribution in [3.8, 4) is 0 Å². The van der Waals surface area contributed by atoms with Gasteiger partial charge >= 0.3 is 18.2 Å². The molecule has 24 heavy (non-hydrogen) atoms. The molecule has 1 aliphatic heterocycles. The number of ether oxygens (including phenoxy) is 1. The summed E-state index contributed by atoms with van der Waals surface area (Å²) in [7, 11) is 1.80. The van der Waals surface area contributed by atoms with Crippen LogP contribution in [0.2, 0.25) is 0 Å². The molecule has 1 amide bonds. The number of alkyl halides is 3. The van der Waals surface area contributed by atoms with Gasteiger partial charge in [0.15, 0.2) is 0 Å². The number of amides is 1. The summed E-state index contributed by atoms with van der Waals surface area (Å²) in [4.78, 5) is 22.4. The number of hydrogen-bond donors (Lipinski definition) is 2. The van der Waals surface area contributed by atoms with Crippen molar-refractivity contribution in [1.29, 1.82) is 0 Å². The van der Waals surface area contributed by atoms with Gasteiger partial charge in [-0.25, -0.2) is 9.59 Å². The number of carboxylic acid groups (broad SMARTS) is 1. The van der Waals surface area contributed by atoms with Crippen LogP contribution in [0.4, 0.5) is 18.0 Å². The first-order valence-electron chi connectivity index (χ1n) is 7.16. The normalized spacial score (nSPS) is 16.8. The molecule has 0 aliphatic carbocycles. The Balaban J connectivity index is 0.000000351. The van der Waals surface area contributed by atoms with Gasteiger partial charge in [-0.15, -0.1) is 0 Å². The van der Waals surface area contributed by atoms with Crippen molar-refractivity contribution in [3.63, 3.8) is 0 Å². The van der Waals surface area contributed by atoms with Crippen LogP contribution in [0.1, 0.15) is 12.0 Å². The first-order chi connectivity index (χ1) is 11.2. The van der Waals surface area contributed by atoms with Gasteiger partial charge in [-0.05, 0) is 18.5 Å².